The fourth-order valence-electron chi connectivity index (χ4n) is 4.24. The van der Waals surface area contributed by atoms with Crippen molar-refractivity contribution in [3.63, 3.8) is 0 Å². The Kier molecular flexibility index (Phi) is 6.77. The lowest BCUT2D eigenvalue weighted by Gasteiger charge is -2.33. The summed E-state index contributed by atoms with van der Waals surface area (Å²) >= 11 is 0. The van der Waals surface area contributed by atoms with Crippen LogP contribution < -0.4 is 15.5 Å². The zero-order valence-electron chi connectivity index (χ0n) is 19.9. The van der Waals surface area contributed by atoms with Gasteiger partial charge in [0.2, 0.25) is 0 Å². The lowest BCUT2D eigenvalue weighted by molar-refractivity contribution is -0.141. The first-order chi connectivity index (χ1) is 16.7. The topological polar surface area (TPSA) is 140 Å². The van der Waals surface area contributed by atoms with Crippen molar-refractivity contribution in [2.24, 2.45) is 5.92 Å². The summed E-state index contributed by atoms with van der Waals surface area (Å²) in [5.41, 5.74) is 3.09. The van der Waals surface area contributed by atoms with Crippen LogP contribution in [0.2, 0.25) is 0 Å². The number of aromatic nitrogens is 1. The van der Waals surface area contributed by atoms with E-state index < -0.39 is 36.0 Å². The van der Waals surface area contributed by atoms with Crippen molar-refractivity contribution in [3.05, 3.63) is 46.8 Å². The number of ether oxygens (including phenoxy) is 2. The Morgan fingerprint density at radius 2 is 1.89 bits per heavy atom. The van der Waals surface area contributed by atoms with Crippen LogP contribution in [0.5, 0.6) is 5.75 Å². The Morgan fingerprint density at radius 1 is 1.20 bits per heavy atom. The van der Waals surface area contributed by atoms with E-state index in [1.807, 2.05) is 6.92 Å². The molecule has 0 unspecified atom stereocenters. The molecule has 0 radical (unpaired) electrons. The summed E-state index contributed by atoms with van der Waals surface area (Å²) < 4.78 is 15.8. The monoisotopic (exact) mass is 484 g/mol. The molecular weight excluding hydrogens is 456 g/mol. The van der Waals surface area contributed by atoms with Gasteiger partial charge in [-0.15, -0.1) is 0 Å². The molecule has 1 spiro atoms. The highest BCUT2D eigenvalue weighted by Gasteiger charge is 2.52. The second kappa shape index (κ2) is 9.77. The molecule has 4 amide bonds. The van der Waals surface area contributed by atoms with Crippen LogP contribution >= 0.6 is 0 Å². The molecule has 2 aliphatic rings. The third-order valence-corrected chi connectivity index (χ3v) is 6.51. The van der Waals surface area contributed by atoms with E-state index in [-0.39, 0.29) is 12.2 Å². The Bertz CT molecular complexity index is 1110. The molecule has 11 nitrogen and oxygen atoms in total. The number of benzene rings is 1. The van der Waals surface area contributed by atoms with Crippen LogP contribution in [0.15, 0.2) is 28.8 Å². The van der Waals surface area contributed by atoms with Crippen LogP contribution in [-0.2, 0) is 20.9 Å². The van der Waals surface area contributed by atoms with Crippen LogP contribution in [0.25, 0.3) is 0 Å². The predicted molar refractivity (Wildman–Crippen MR) is 121 cm³/mol. The molecule has 0 atom stereocenters. The third-order valence-electron chi connectivity index (χ3n) is 6.51. The van der Waals surface area contributed by atoms with Crippen LogP contribution in [-0.4, -0.2) is 46.1 Å². The zero-order valence-corrected chi connectivity index (χ0v) is 19.9. The van der Waals surface area contributed by atoms with E-state index in [1.54, 1.807) is 19.1 Å². The van der Waals surface area contributed by atoms with Crippen molar-refractivity contribution >= 4 is 23.8 Å². The summed E-state index contributed by atoms with van der Waals surface area (Å²) in [6, 6.07) is 5.54. The van der Waals surface area contributed by atoms with Gasteiger partial charge in [-0.05, 0) is 69.7 Å². The fraction of sp³-hybridized carbons (Fsp3) is 0.458. The minimum Gasteiger partial charge on any atom is -0.489 e. The van der Waals surface area contributed by atoms with Gasteiger partial charge in [-0.1, -0.05) is 12.1 Å². The lowest BCUT2D eigenvalue weighted by atomic mass is 9.77. The van der Waals surface area contributed by atoms with Crippen molar-refractivity contribution in [2.45, 2.75) is 58.6 Å². The summed E-state index contributed by atoms with van der Waals surface area (Å²) in [6.45, 7) is 5.35. The smallest absolute Gasteiger partial charge is 0.344 e. The highest BCUT2D eigenvalue weighted by atomic mass is 16.5. The van der Waals surface area contributed by atoms with Gasteiger partial charge in [0.25, 0.3) is 11.8 Å². The number of esters is 1. The number of carbonyl (C=O) groups is 4. The van der Waals surface area contributed by atoms with Crippen LogP contribution in [0.3, 0.4) is 0 Å². The maximum atomic E-state index is 12.8. The van der Waals surface area contributed by atoms with Gasteiger partial charge in [-0.2, -0.15) is 5.01 Å². The number of hydrogen-bond acceptors (Lipinski definition) is 8. The number of imide groups is 1. The van der Waals surface area contributed by atoms with Crippen molar-refractivity contribution < 1.29 is 33.2 Å². The SMILES string of the molecule is Cc1noc(C)c1COc1ccc(C(=O)OCC(=O)NN2C(=O)NC3(CCC(C)CC3)C2=O)cc1. The molecule has 35 heavy (non-hydrogen) atoms. The molecule has 1 aliphatic heterocycles. The minimum absolute atomic E-state index is 0.216. The van der Waals surface area contributed by atoms with E-state index in [0.29, 0.717) is 35.3 Å². The molecule has 2 heterocycles. The van der Waals surface area contributed by atoms with Crippen LogP contribution in [0.1, 0.15) is 60.0 Å². The van der Waals surface area contributed by atoms with E-state index in [1.165, 1.54) is 12.1 Å². The Labute approximate surface area is 202 Å². The van der Waals surface area contributed by atoms with E-state index in [9.17, 15) is 19.2 Å². The van der Waals surface area contributed by atoms with Gasteiger partial charge in [-0.3, -0.25) is 15.0 Å². The second-order valence-corrected chi connectivity index (χ2v) is 9.06. The minimum atomic E-state index is -0.969. The van der Waals surface area contributed by atoms with Crippen molar-refractivity contribution in [3.8, 4) is 5.75 Å². The number of nitrogens with one attached hydrogen (secondary N) is 2. The van der Waals surface area contributed by atoms with Gasteiger partial charge in [-0.25, -0.2) is 9.59 Å². The van der Waals surface area contributed by atoms with Gasteiger partial charge >= 0.3 is 12.0 Å². The maximum absolute atomic E-state index is 12.8. The highest BCUT2D eigenvalue weighted by molar-refractivity contribution is 6.08. The summed E-state index contributed by atoms with van der Waals surface area (Å²) in [4.78, 5) is 49.6. The van der Waals surface area contributed by atoms with Crippen molar-refractivity contribution in [1.29, 1.82) is 0 Å². The number of carbonyl (C=O) groups excluding carboxylic acids is 4. The second-order valence-electron chi connectivity index (χ2n) is 9.06. The lowest BCUT2D eigenvalue weighted by Crippen LogP contribution is -2.52. The summed E-state index contributed by atoms with van der Waals surface area (Å²) in [6.07, 6.45) is 2.68. The zero-order chi connectivity index (χ0) is 25.2. The maximum Gasteiger partial charge on any atom is 0.344 e. The molecule has 2 fully saturated rings. The Morgan fingerprint density at radius 3 is 2.51 bits per heavy atom. The normalized spacial score (nSPS) is 21.7. The van der Waals surface area contributed by atoms with Gasteiger partial charge in [0.1, 0.15) is 23.7 Å². The first-order valence-electron chi connectivity index (χ1n) is 11.5. The van der Waals surface area contributed by atoms with Crippen molar-refractivity contribution in [1.82, 2.24) is 20.9 Å². The quantitative estimate of drug-likeness (QED) is 0.451. The number of nitrogens with zero attached hydrogens (tertiary/aromatic N) is 2. The molecule has 1 saturated carbocycles. The molecule has 1 aliphatic carbocycles. The molecular formula is C24H28N4O7. The number of aryl methyl sites for hydroxylation is 2. The molecule has 2 aromatic rings. The number of urea groups is 1. The van der Waals surface area contributed by atoms with Crippen LogP contribution in [0, 0.1) is 19.8 Å². The first kappa shape index (κ1) is 24.2. The van der Waals surface area contributed by atoms with Gasteiger partial charge in [0.15, 0.2) is 6.61 Å². The van der Waals surface area contributed by atoms with E-state index in [0.717, 1.165) is 24.1 Å². The third kappa shape index (κ3) is 5.13. The van der Waals surface area contributed by atoms with Gasteiger partial charge in [0.05, 0.1) is 16.8 Å². The van der Waals surface area contributed by atoms with Crippen LogP contribution in [0.4, 0.5) is 4.79 Å². The average Bonchev–Trinajstić information content (AvgIpc) is 3.28. The Balaban J connectivity index is 1.26. The predicted octanol–water partition coefficient (Wildman–Crippen LogP) is 2.56. The molecule has 4 rings (SSSR count). The first-order valence-corrected chi connectivity index (χ1v) is 11.5. The summed E-state index contributed by atoms with van der Waals surface area (Å²) in [5, 5.41) is 7.26. The highest BCUT2D eigenvalue weighted by Crippen LogP contribution is 2.35. The van der Waals surface area contributed by atoms with E-state index in [2.05, 4.69) is 22.8 Å². The molecule has 1 aromatic carbocycles. The standard InChI is InChI=1S/C24H28N4O7/c1-14-8-10-24(11-9-14)22(31)28(23(32)25-24)26-20(29)13-34-21(30)17-4-6-18(7-5-17)33-12-19-15(2)27-35-16(19)3/h4-7,14H,8-13H2,1-3H3,(H,25,32)(H,26,29). The number of hydrazine groups is 1. The number of hydrogen-bond donors (Lipinski definition) is 2. The van der Waals surface area contributed by atoms with E-state index in [4.69, 9.17) is 14.0 Å². The van der Waals surface area contributed by atoms with Crippen molar-refractivity contribution in [2.75, 3.05) is 6.61 Å². The summed E-state index contributed by atoms with van der Waals surface area (Å²) in [7, 11) is 0. The molecule has 0 bridgehead atoms. The molecule has 2 N–H and O–H groups in total. The Hall–Kier alpha value is -3.89. The molecule has 11 heteroatoms. The molecule has 186 valence electrons. The summed E-state index contributed by atoms with van der Waals surface area (Å²) in [5.74, 6) is -0.311. The van der Waals surface area contributed by atoms with E-state index >= 15 is 0 Å². The number of amides is 4. The molecule has 1 aromatic heterocycles. The van der Waals surface area contributed by atoms with Gasteiger partial charge in [0, 0.05) is 0 Å². The largest absolute Gasteiger partial charge is 0.489 e. The average molecular weight is 485 g/mol. The fourth-order valence-corrected chi connectivity index (χ4v) is 4.24. The molecule has 1 saturated heterocycles. The number of rotatable bonds is 7. The van der Waals surface area contributed by atoms with Gasteiger partial charge < -0.3 is 19.3 Å².